The quantitative estimate of drug-likeness (QED) is 0.378. The molecule has 0 aliphatic rings. The van der Waals surface area contributed by atoms with Crippen LogP contribution in [0.1, 0.15) is 30.9 Å². The Kier molecular flexibility index (Phi) is 6.01. The van der Waals surface area contributed by atoms with Gasteiger partial charge < -0.3 is 0 Å². The fourth-order valence-corrected chi connectivity index (χ4v) is 3.17. The van der Waals surface area contributed by atoms with E-state index in [1.807, 2.05) is 24.3 Å². The minimum atomic E-state index is -5.17. The van der Waals surface area contributed by atoms with Crippen molar-refractivity contribution in [2.24, 2.45) is 0 Å². The molecule has 0 heterocycles. The van der Waals surface area contributed by atoms with Crippen molar-refractivity contribution in [1.29, 1.82) is 0 Å². The number of aryl methyl sites for hydroxylation is 1. The van der Waals surface area contributed by atoms with Crippen LogP contribution in [0.15, 0.2) is 54.6 Å². The van der Waals surface area contributed by atoms with Gasteiger partial charge in [-0.05, 0) is 53.3 Å². The molecule has 0 nitrogen and oxygen atoms in total. The van der Waals surface area contributed by atoms with E-state index in [2.05, 4.69) is 6.92 Å². The van der Waals surface area contributed by atoms with Crippen LogP contribution in [0.3, 0.4) is 0 Å². The van der Waals surface area contributed by atoms with Crippen LogP contribution in [0.25, 0.3) is 22.3 Å². The van der Waals surface area contributed by atoms with E-state index >= 15 is 0 Å². The third kappa shape index (κ3) is 4.63. The van der Waals surface area contributed by atoms with Crippen molar-refractivity contribution in [3.63, 3.8) is 0 Å². The lowest BCUT2D eigenvalue weighted by molar-refractivity contribution is -0.142. The molecule has 0 saturated heterocycles. The van der Waals surface area contributed by atoms with Gasteiger partial charge in [-0.1, -0.05) is 49.7 Å². The number of hydrogen-bond donors (Lipinski definition) is 0. The van der Waals surface area contributed by atoms with Gasteiger partial charge in [-0.3, -0.25) is 0 Å². The molecule has 0 spiro atoms. The normalized spacial score (nSPS) is 11.7. The summed E-state index contributed by atoms with van der Waals surface area (Å²) >= 11 is 0. The van der Waals surface area contributed by atoms with Crippen molar-refractivity contribution in [2.45, 2.75) is 32.4 Å². The van der Waals surface area contributed by atoms with E-state index in [1.54, 1.807) is 6.07 Å². The Morgan fingerprint density at radius 1 is 0.690 bits per heavy atom. The highest BCUT2D eigenvalue weighted by Crippen LogP contribution is 2.37. The van der Waals surface area contributed by atoms with Crippen LogP contribution in [0.5, 0.6) is 0 Å². The van der Waals surface area contributed by atoms with Gasteiger partial charge in [0.1, 0.15) is 23.0 Å². The monoisotopic (exact) mass is 408 g/mol. The number of unbranched alkanes of at least 4 members (excludes halogenated alkanes) is 1. The van der Waals surface area contributed by atoms with Crippen molar-refractivity contribution >= 4 is 0 Å². The Labute approximate surface area is 164 Å². The Morgan fingerprint density at radius 2 is 1.24 bits per heavy atom. The summed E-state index contributed by atoms with van der Waals surface area (Å²) in [5.41, 5.74) is 0.0262. The molecule has 0 saturated carbocycles. The summed E-state index contributed by atoms with van der Waals surface area (Å²) in [6.45, 7) is 2.10. The Morgan fingerprint density at radius 3 is 1.76 bits per heavy atom. The van der Waals surface area contributed by atoms with Crippen LogP contribution >= 0.6 is 0 Å². The van der Waals surface area contributed by atoms with Crippen LogP contribution in [0.4, 0.5) is 26.3 Å². The summed E-state index contributed by atoms with van der Waals surface area (Å²) < 4.78 is 80.3. The molecule has 0 atom stereocenters. The van der Waals surface area contributed by atoms with Crippen LogP contribution in [0, 0.1) is 17.5 Å². The zero-order valence-electron chi connectivity index (χ0n) is 15.6. The molecule has 0 N–H and O–H groups in total. The van der Waals surface area contributed by atoms with E-state index in [4.69, 9.17) is 0 Å². The second-order valence-electron chi connectivity index (χ2n) is 6.81. The highest BCUT2D eigenvalue weighted by Gasteiger charge is 2.38. The second kappa shape index (κ2) is 8.31. The number of alkyl halides is 3. The van der Waals surface area contributed by atoms with Crippen LogP contribution in [-0.4, -0.2) is 0 Å². The predicted molar refractivity (Wildman–Crippen MR) is 101 cm³/mol. The van der Waals surface area contributed by atoms with E-state index in [1.165, 1.54) is 17.7 Å². The highest BCUT2D eigenvalue weighted by molar-refractivity contribution is 5.71. The lowest BCUT2D eigenvalue weighted by Gasteiger charge is -2.12. The van der Waals surface area contributed by atoms with Gasteiger partial charge in [-0.25, -0.2) is 13.2 Å². The van der Waals surface area contributed by atoms with Crippen LogP contribution < -0.4 is 0 Å². The van der Waals surface area contributed by atoms with Gasteiger partial charge in [0.25, 0.3) is 0 Å². The van der Waals surface area contributed by atoms with Crippen LogP contribution in [-0.2, 0) is 12.6 Å². The van der Waals surface area contributed by atoms with Crippen molar-refractivity contribution in [1.82, 2.24) is 0 Å². The molecule has 3 rings (SSSR count). The molecule has 0 amide bonds. The Hall–Kier alpha value is -2.76. The lowest BCUT2D eigenvalue weighted by atomic mass is 9.97. The maximum Gasteiger partial charge on any atom is 0.422 e. The number of hydrogen-bond acceptors (Lipinski definition) is 0. The molecule has 0 aromatic heterocycles. The Bertz CT molecular complexity index is 980. The highest BCUT2D eigenvalue weighted by atomic mass is 19.4. The molecule has 3 aromatic carbocycles. The zero-order chi connectivity index (χ0) is 21.2. The Balaban J connectivity index is 1.92. The average molecular weight is 408 g/mol. The standard InChI is InChI=1S/C23H18F6/c1-2-3-4-14-5-7-15(8-6-14)16-9-10-18(19(24)11-16)17-12-20(25)22(21(26)13-17)23(27,28)29/h5-13H,2-4H2,1H3. The third-order valence-electron chi connectivity index (χ3n) is 4.71. The van der Waals surface area contributed by atoms with E-state index in [0.717, 1.165) is 24.8 Å². The summed E-state index contributed by atoms with van der Waals surface area (Å²) in [5.74, 6) is -4.34. The number of halogens is 6. The average Bonchev–Trinajstić information content (AvgIpc) is 2.65. The third-order valence-corrected chi connectivity index (χ3v) is 4.71. The topological polar surface area (TPSA) is 0 Å². The summed E-state index contributed by atoms with van der Waals surface area (Å²) in [7, 11) is 0. The number of rotatable bonds is 5. The van der Waals surface area contributed by atoms with Gasteiger partial charge in [0.15, 0.2) is 0 Å². The first-order chi connectivity index (χ1) is 13.7. The largest absolute Gasteiger partial charge is 0.422 e. The second-order valence-corrected chi connectivity index (χ2v) is 6.81. The molecular weight excluding hydrogens is 390 g/mol. The maximum atomic E-state index is 14.6. The first-order valence-electron chi connectivity index (χ1n) is 9.16. The van der Waals surface area contributed by atoms with Gasteiger partial charge >= 0.3 is 6.18 Å². The minimum Gasteiger partial charge on any atom is -0.206 e. The van der Waals surface area contributed by atoms with Crippen molar-refractivity contribution in [3.8, 4) is 22.3 Å². The molecule has 0 aliphatic carbocycles. The lowest BCUT2D eigenvalue weighted by Crippen LogP contribution is -2.11. The smallest absolute Gasteiger partial charge is 0.206 e. The van der Waals surface area contributed by atoms with Crippen LogP contribution in [0.2, 0.25) is 0 Å². The maximum absolute atomic E-state index is 14.6. The SMILES string of the molecule is CCCCc1ccc(-c2ccc(-c3cc(F)c(C(F)(F)F)c(F)c3)c(F)c2)cc1. The molecule has 3 aromatic rings. The van der Waals surface area contributed by atoms with Gasteiger partial charge in [0.2, 0.25) is 0 Å². The van der Waals surface area contributed by atoms with Gasteiger partial charge in [0, 0.05) is 5.56 Å². The molecule has 29 heavy (non-hydrogen) atoms. The molecule has 152 valence electrons. The van der Waals surface area contributed by atoms with Gasteiger partial charge in [0.05, 0.1) is 0 Å². The molecule has 0 fully saturated rings. The summed E-state index contributed by atoms with van der Waals surface area (Å²) in [5, 5.41) is 0. The van der Waals surface area contributed by atoms with Crippen molar-refractivity contribution < 1.29 is 26.3 Å². The van der Waals surface area contributed by atoms with Crippen molar-refractivity contribution in [2.75, 3.05) is 0 Å². The van der Waals surface area contributed by atoms with Gasteiger partial charge in [-0.2, -0.15) is 13.2 Å². The molecular formula is C23H18F6. The first kappa shape index (κ1) is 21.0. The first-order valence-corrected chi connectivity index (χ1v) is 9.16. The molecule has 0 bridgehead atoms. The van der Waals surface area contributed by atoms with E-state index in [-0.39, 0.29) is 11.1 Å². The summed E-state index contributed by atoms with van der Waals surface area (Å²) in [6.07, 6.45) is -2.06. The number of benzene rings is 3. The van der Waals surface area contributed by atoms with E-state index in [9.17, 15) is 26.3 Å². The van der Waals surface area contributed by atoms with Gasteiger partial charge in [-0.15, -0.1) is 0 Å². The summed E-state index contributed by atoms with van der Waals surface area (Å²) in [6, 6.07) is 12.7. The minimum absolute atomic E-state index is 0.181. The molecule has 6 heteroatoms. The molecule has 0 radical (unpaired) electrons. The van der Waals surface area contributed by atoms with E-state index < -0.39 is 29.2 Å². The fourth-order valence-electron chi connectivity index (χ4n) is 3.17. The van der Waals surface area contributed by atoms with E-state index in [0.29, 0.717) is 17.7 Å². The predicted octanol–water partition coefficient (Wildman–Crippen LogP) is 7.80. The molecule has 0 aliphatic heterocycles. The summed E-state index contributed by atoms with van der Waals surface area (Å²) in [4.78, 5) is 0. The fraction of sp³-hybridized carbons (Fsp3) is 0.217. The molecule has 0 unspecified atom stereocenters. The zero-order valence-corrected chi connectivity index (χ0v) is 15.6. The van der Waals surface area contributed by atoms with Crippen molar-refractivity contribution in [3.05, 3.63) is 83.2 Å².